The molecule has 3 N–H and O–H groups in total. The lowest BCUT2D eigenvalue weighted by atomic mass is 10.0. The molecule has 5 nitrogen and oxygen atoms in total. The predicted molar refractivity (Wildman–Crippen MR) is 70.4 cm³/mol. The number of anilines is 1. The largest absolute Gasteiger partial charge is 0.323 e. The van der Waals surface area contributed by atoms with E-state index in [4.69, 9.17) is 0 Å². The Balaban J connectivity index is 1.79. The SMILES string of the molecule is O=C(Nc1cccc2cn[nH]c12)C1CCCCN1. The van der Waals surface area contributed by atoms with Crippen LogP contribution in [0.15, 0.2) is 24.4 Å². The van der Waals surface area contributed by atoms with E-state index in [1.165, 1.54) is 0 Å². The smallest absolute Gasteiger partial charge is 0.241 e. The molecule has 1 aromatic heterocycles. The highest BCUT2D eigenvalue weighted by atomic mass is 16.2. The molecule has 5 heteroatoms. The lowest BCUT2D eigenvalue weighted by Crippen LogP contribution is -2.43. The van der Waals surface area contributed by atoms with Gasteiger partial charge in [0, 0.05) is 5.39 Å². The van der Waals surface area contributed by atoms with Crippen molar-refractivity contribution in [2.45, 2.75) is 25.3 Å². The molecule has 1 aliphatic heterocycles. The number of hydrogen-bond acceptors (Lipinski definition) is 3. The van der Waals surface area contributed by atoms with Crippen LogP contribution in [0.4, 0.5) is 5.69 Å². The topological polar surface area (TPSA) is 69.8 Å². The fourth-order valence-corrected chi connectivity index (χ4v) is 2.37. The van der Waals surface area contributed by atoms with Gasteiger partial charge in [-0.3, -0.25) is 9.89 Å². The van der Waals surface area contributed by atoms with Crippen molar-refractivity contribution in [2.24, 2.45) is 0 Å². The fourth-order valence-electron chi connectivity index (χ4n) is 2.37. The number of amides is 1. The summed E-state index contributed by atoms with van der Waals surface area (Å²) in [7, 11) is 0. The van der Waals surface area contributed by atoms with E-state index in [-0.39, 0.29) is 11.9 Å². The molecule has 0 spiro atoms. The summed E-state index contributed by atoms with van der Waals surface area (Å²) in [6, 6.07) is 5.70. The quantitative estimate of drug-likeness (QED) is 0.752. The van der Waals surface area contributed by atoms with Gasteiger partial charge in [-0.2, -0.15) is 5.10 Å². The van der Waals surface area contributed by atoms with Gasteiger partial charge in [0.05, 0.1) is 23.4 Å². The fraction of sp³-hybridized carbons (Fsp3) is 0.385. The van der Waals surface area contributed by atoms with Crippen LogP contribution in [-0.2, 0) is 4.79 Å². The first kappa shape index (κ1) is 11.2. The van der Waals surface area contributed by atoms with Gasteiger partial charge in [0.2, 0.25) is 5.91 Å². The summed E-state index contributed by atoms with van der Waals surface area (Å²) < 4.78 is 0. The van der Waals surface area contributed by atoms with Crippen molar-refractivity contribution in [2.75, 3.05) is 11.9 Å². The van der Waals surface area contributed by atoms with Gasteiger partial charge in [-0.25, -0.2) is 0 Å². The highest BCUT2D eigenvalue weighted by Crippen LogP contribution is 2.21. The standard InChI is InChI=1S/C13H16N4O/c18-13(11-5-1-2-7-14-11)16-10-6-3-4-9-8-15-17-12(9)10/h3-4,6,8,11,14H,1-2,5,7H2,(H,15,17)(H,16,18). The van der Waals surface area contributed by atoms with Crippen molar-refractivity contribution in [1.82, 2.24) is 15.5 Å². The summed E-state index contributed by atoms with van der Waals surface area (Å²) in [6.45, 7) is 0.923. The molecule has 1 atom stereocenters. The number of rotatable bonds is 2. The maximum atomic E-state index is 12.1. The summed E-state index contributed by atoms with van der Waals surface area (Å²) in [6.07, 6.45) is 4.92. The van der Waals surface area contributed by atoms with Gasteiger partial charge in [0.1, 0.15) is 0 Å². The molecule has 3 rings (SSSR count). The molecule has 0 bridgehead atoms. The van der Waals surface area contributed by atoms with Gasteiger partial charge in [0.15, 0.2) is 0 Å². The molecule has 1 aromatic carbocycles. The van der Waals surface area contributed by atoms with E-state index in [2.05, 4.69) is 20.8 Å². The molecule has 94 valence electrons. The van der Waals surface area contributed by atoms with Crippen LogP contribution in [0.3, 0.4) is 0 Å². The Labute approximate surface area is 105 Å². The minimum atomic E-state index is -0.0723. The number of H-pyrrole nitrogens is 1. The number of aromatic nitrogens is 2. The van der Waals surface area contributed by atoms with Crippen LogP contribution in [0.5, 0.6) is 0 Å². The molecule has 1 saturated heterocycles. The molecule has 1 unspecified atom stereocenters. The van der Waals surface area contributed by atoms with Crippen molar-refractivity contribution < 1.29 is 4.79 Å². The average molecular weight is 244 g/mol. The Kier molecular flexibility index (Phi) is 2.98. The summed E-state index contributed by atoms with van der Waals surface area (Å²) >= 11 is 0. The first-order valence-electron chi connectivity index (χ1n) is 6.31. The number of nitrogens with zero attached hydrogens (tertiary/aromatic N) is 1. The van der Waals surface area contributed by atoms with Crippen molar-refractivity contribution in [3.05, 3.63) is 24.4 Å². The van der Waals surface area contributed by atoms with E-state index >= 15 is 0 Å². The zero-order valence-electron chi connectivity index (χ0n) is 10.1. The molecule has 1 amide bonds. The maximum absolute atomic E-state index is 12.1. The zero-order valence-corrected chi connectivity index (χ0v) is 10.1. The Morgan fingerprint density at radius 2 is 2.33 bits per heavy atom. The molecule has 18 heavy (non-hydrogen) atoms. The monoisotopic (exact) mass is 244 g/mol. The number of para-hydroxylation sites is 1. The molecule has 0 saturated carbocycles. The first-order chi connectivity index (χ1) is 8.84. The number of piperidine rings is 1. The van der Waals surface area contributed by atoms with Crippen molar-refractivity contribution >= 4 is 22.5 Å². The third kappa shape index (κ3) is 2.09. The lowest BCUT2D eigenvalue weighted by Gasteiger charge is -2.22. The number of nitrogens with one attached hydrogen (secondary N) is 3. The van der Waals surface area contributed by atoms with E-state index in [1.54, 1.807) is 6.20 Å². The maximum Gasteiger partial charge on any atom is 0.241 e. The second kappa shape index (κ2) is 4.78. The van der Waals surface area contributed by atoms with Crippen LogP contribution in [-0.4, -0.2) is 28.7 Å². The third-order valence-electron chi connectivity index (χ3n) is 3.36. The molecule has 0 aliphatic carbocycles. The highest BCUT2D eigenvalue weighted by molar-refractivity contribution is 6.02. The van der Waals surface area contributed by atoms with Gasteiger partial charge in [-0.1, -0.05) is 18.6 Å². The van der Waals surface area contributed by atoms with Crippen molar-refractivity contribution in [3.8, 4) is 0 Å². The number of fused-ring (bicyclic) bond motifs is 1. The Hall–Kier alpha value is -1.88. The van der Waals surface area contributed by atoms with Gasteiger partial charge >= 0.3 is 0 Å². The molecule has 2 heterocycles. The minimum Gasteiger partial charge on any atom is -0.323 e. The Bertz CT molecular complexity index is 557. The number of carbonyl (C=O) groups is 1. The molecular formula is C13H16N4O. The Morgan fingerprint density at radius 3 is 3.17 bits per heavy atom. The normalized spacial score (nSPS) is 19.9. The summed E-state index contributed by atoms with van der Waals surface area (Å²) in [4.78, 5) is 12.1. The van der Waals surface area contributed by atoms with E-state index in [9.17, 15) is 4.79 Å². The predicted octanol–water partition coefficient (Wildman–Crippen LogP) is 1.64. The molecule has 0 radical (unpaired) electrons. The van der Waals surface area contributed by atoms with Crippen molar-refractivity contribution in [1.29, 1.82) is 0 Å². The van der Waals surface area contributed by atoms with E-state index in [1.807, 2.05) is 18.2 Å². The first-order valence-corrected chi connectivity index (χ1v) is 6.31. The molecule has 1 fully saturated rings. The number of benzene rings is 1. The minimum absolute atomic E-state index is 0.0387. The highest BCUT2D eigenvalue weighted by Gasteiger charge is 2.20. The van der Waals surface area contributed by atoms with E-state index in [0.717, 1.165) is 42.4 Å². The summed E-state index contributed by atoms with van der Waals surface area (Å²) in [5.41, 5.74) is 1.67. The van der Waals surface area contributed by atoms with Crippen LogP contribution < -0.4 is 10.6 Å². The molecule has 1 aliphatic rings. The Morgan fingerprint density at radius 1 is 1.39 bits per heavy atom. The van der Waals surface area contributed by atoms with Crippen LogP contribution in [0.1, 0.15) is 19.3 Å². The van der Waals surface area contributed by atoms with E-state index in [0.29, 0.717) is 0 Å². The van der Waals surface area contributed by atoms with Gasteiger partial charge < -0.3 is 10.6 Å². The summed E-state index contributed by atoms with van der Waals surface area (Å²) in [5.74, 6) is 0.0387. The van der Waals surface area contributed by atoms with Gasteiger partial charge in [0.25, 0.3) is 0 Å². The zero-order chi connectivity index (χ0) is 12.4. The summed E-state index contributed by atoms with van der Waals surface area (Å²) in [5, 5.41) is 14.1. The van der Waals surface area contributed by atoms with Crippen molar-refractivity contribution in [3.63, 3.8) is 0 Å². The van der Waals surface area contributed by atoms with Gasteiger partial charge in [-0.15, -0.1) is 0 Å². The molecule has 2 aromatic rings. The number of carbonyl (C=O) groups excluding carboxylic acids is 1. The number of hydrogen-bond donors (Lipinski definition) is 3. The molecular weight excluding hydrogens is 228 g/mol. The van der Waals surface area contributed by atoms with Crippen LogP contribution >= 0.6 is 0 Å². The lowest BCUT2D eigenvalue weighted by molar-refractivity contribution is -0.118. The second-order valence-corrected chi connectivity index (χ2v) is 4.63. The average Bonchev–Trinajstić information content (AvgIpc) is 2.89. The number of aromatic amines is 1. The third-order valence-corrected chi connectivity index (χ3v) is 3.36. The second-order valence-electron chi connectivity index (χ2n) is 4.63. The van der Waals surface area contributed by atoms with Crippen LogP contribution in [0.2, 0.25) is 0 Å². The van der Waals surface area contributed by atoms with Crippen LogP contribution in [0, 0.1) is 0 Å². The van der Waals surface area contributed by atoms with E-state index < -0.39 is 0 Å². The van der Waals surface area contributed by atoms with Gasteiger partial charge in [-0.05, 0) is 25.5 Å². The van der Waals surface area contributed by atoms with Crippen LogP contribution in [0.25, 0.3) is 10.9 Å².